The number of rotatable bonds is 5. The lowest BCUT2D eigenvalue weighted by Gasteiger charge is -2.24. The minimum Gasteiger partial charge on any atom is -0.487 e. The molecule has 0 amide bonds. The summed E-state index contributed by atoms with van der Waals surface area (Å²) in [5, 5.41) is 15.0. The van der Waals surface area contributed by atoms with Crippen LogP contribution in [-0.4, -0.2) is 34.2 Å². The number of aryl methyl sites for hydroxylation is 1. The quantitative estimate of drug-likeness (QED) is 0.506. The number of fused-ring (bicyclic) bond motifs is 3. The van der Waals surface area contributed by atoms with Gasteiger partial charge >= 0.3 is 0 Å². The van der Waals surface area contributed by atoms with E-state index in [2.05, 4.69) is 15.3 Å². The average Bonchev–Trinajstić information content (AvgIpc) is 2.69. The van der Waals surface area contributed by atoms with E-state index in [1.165, 1.54) is 12.4 Å². The molecule has 0 saturated heterocycles. The number of ether oxygens (including phenoxy) is 3. The highest BCUT2D eigenvalue weighted by Gasteiger charge is 2.25. The summed E-state index contributed by atoms with van der Waals surface area (Å²) in [4.78, 5) is 19.5. The molecule has 0 atom stereocenters. The van der Waals surface area contributed by atoms with Crippen LogP contribution in [0.1, 0.15) is 19.4 Å². The maximum Gasteiger partial charge on any atom is 0.274 e. The van der Waals surface area contributed by atoms with Gasteiger partial charge in [-0.15, -0.1) is 0 Å². The van der Waals surface area contributed by atoms with Gasteiger partial charge in [-0.2, -0.15) is 0 Å². The Balaban J connectivity index is 1.84. The molecule has 9 heteroatoms. The Morgan fingerprint density at radius 3 is 2.66 bits per heavy atom. The smallest absolute Gasteiger partial charge is 0.274 e. The van der Waals surface area contributed by atoms with Crippen LogP contribution in [0.25, 0.3) is 10.9 Å². The highest BCUT2D eigenvalue weighted by atomic mass is 16.6. The van der Waals surface area contributed by atoms with E-state index in [1.807, 2.05) is 13.8 Å². The third-order valence-electron chi connectivity index (χ3n) is 4.41. The molecule has 150 valence electrons. The van der Waals surface area contributed by atoms with Gasteiger partial charge in [-0.3, -0.25) is 10.1 Å². The van der Waals surface area contributed by atoms with Crippen molar-refractivity contribution >= 4 is 28.1 Å². The Kier molecular flexibility index (Phi) is 4.79. The SMILES string of the molecule is Cc1ccc(Nc2ncnc3cc(OC(C)C)c4c(c23)OCCO4)cc1[N+](=O)[O-]. The van der Waals surface area contributed by atoms with Crippen molar-refractivity contribution < 1.29 is 19.1 Å². The van der Waals surface area contributed by atoms with E-state index in [0.29, 0.717) is 58.4 Å². The summed E-state index contributed by atoms with van der Waals surface area (Å²) in [5.41, 5.74) is 1.76. The fourth-order valence-electron chi connectivity index (χ4n) is 3.17. The largest absolute Gasteiger partial charge is 0.487 e. The van der Waals surface area contributed by atoms with Gasteiger partial charge in [-0.25, -0.2) is 9.97 Å². The molecule has 0 saturated carbocycles. The number of hydrogen-bond donors (Lipinski definition) is 1. The first-order valence-electron chi connectivity index (χ1n) is 9.20. The Labute approximate surface area is 166 Å². The van der Waals surface area contributed by atoms with E-state index in [4.69, 9.17) is 14.2 Å². The minimum atomic E-state index is -0.410. The summed E-state index contributed by atoms with van der Waals surface area (Å²) in [6.45, 7) is 6.35. The van der Waals surface area contributed by atoms with Crippen molar-refractivity contribution in [2.75, 3.05) is 18.5 Å². The van der Waals surface area contributed by atoms with Crippen LogP contribution < -0.4 is 19.5 Å². The van der Waals surface area contributed by atoms with Gasteiger partial charge in [0.1, 0.15) is 25.4 Å². The first kappa shape index (κ1) is 18.7. The van der Waals surface area contributed by atoms with Crippen LogP contribution in [0, 0.1) is 17.0 Å². The zero-order valence-electron chi connectivity index (χ0n) is 16.3. The summed E-state index contributed by atoms with van der Waals surface area (Å²) in [7, 11) is 0. The number of nitro benzene ring substituents is 1. The zero-order chi connectivity index (χ0) is 20.5. The van der Waals surface area contributed by atoms with E-state index >= 15 is 0 Å². The molecule has 0 spiro atoms. The number of benzene rings is 2. The fourth-order valence-corrected chi connectivity index (χ4v) is 3.17. The molecule has 0 unspecified atom stereocenters. The van der Waals surface area contributed by atoms with Crippen molar-refractivity contribution in [3.8, 4) is 17.2 Å². The number of nitrogens with one attached hydrogen (secondary N) is 1. The molecule has 1 N–H and O–H groups in total. The van der Waals surface area contributed by atoms with Crippen LogP contribution in [0.15, 0.2) is 30.6 Å². The highest BCUT2D eigenvalue weighted by molar-refractivity contribution is 5.99. The van der Waals surface area contributed by atoms with Crippen LogP contribution in [0.3, 0.4) is 0 Å². The molecule has 2 heterocycles. The van der Waals surface area contributed by atoms with Crippen LogP contribution in [0.4, 0.5) is 17.2 Å². The van der Waals surface area contributed by atoms with Crippen molar-refractivity contribution in [2.24, 2.45) is 0 Å². The first-order valence-corrected chi connectivity index (χ1v) is 9.20. The van der Waals surface area contributed by atoms with Gasteiger partial charge in [0.05, 0.1) is 21.9 Å². The maximum atomic E-state index is 11.3. The van der Waals surface area contributed by atoms with Gasteiger partial charge in [-0.05, 0) is 26.8 Å². The lowest BCUT2D eigenvalue weighted by atomic mass is 10.1. The third-order valence-corrected chi connectivity index (χ3v) is 4.41. The maximum absolute atomic E-state index is 11.3. The normalized spacial score (nSPS) is 12.8. The molecular weight excluding hydrogens is 376 g/mol. The monoisotopic (exact) mass is 396 g/mol. The molecule has 29 heavy (non-hydrogen) atoms. The number of aromatic nitrogens is 2. The fraction of sp³-hybridized carbons (Fsp3) is 0.300. The van der Waals surface area contributed by atoms with Crippen LogP contribution in [0.2, 0.25) is 0 Å². The Bertz CT molecular complexity index is 1100. The van der Waals surface area contributed by atoms with Crippen LogP contribution in [0.5, 0.6) is 17.2 Å². The number of nitro groups is 1. The third kappa shape index (κ3) is 3.58. The molecule has 9 nitrogen and oxygen atoms in total. The molecule has 0 fully saturated rings. The van der Waals surface area contributed by atoms with Gasteiger partial charge in [-0.1, -0.05) is 6.07 Å². The van der Waals surface area contributed by atoms with Gasteiger partial charge < -0.3 is 19.5 Å². The van der Waals surface area contributed by atoms with E-state index in [9.17, 15) is 10.1 Å². The predicted molar refractivity (Wildman–Crippen MR) is 107 cm³/mol. The second-order valence-electron chi connectivity index (χ2n) is 6.90. The van der Waals surface area contributed by atoms with Crippen molar-refractivity contribution in [3.05, 3.63) is 46.3 Å². The molecule has 1 aliphatic rings. The van der Waals surface area contributed by atoms with Crippen LogP contribution >= 0.6 is 0 Å². The molecule has 0 radical (unpaired) electrons. The molecule has 4 rings (SSSR count). The highest BCUT2D eigenvalue weighted by Crippen LogP contribution is 2.47. The van der Waals surface area contributed by atoms with Gasteiger partial charge in [0.25, 0.3) is 5.69 Å². The lowest BCUT2D eigenvalue weighted by molar-refractivity contribution is -0.385. The summed E-state index contributed by atoms with van der Waals surface area (Å²) in [6.07, 6.45) is 1.37. The average molecular weight is 396 g/mol. The van der Waals surface area contributed by atoms with Crippen molar-refractivity contribution in [3.63, 3.8) is 0 Å². The summed E-state index contributed by atoms with van der Waals surface area (Å²) < 4.78 is 17.6. The summed E-state index contributed by atoms with van der Waals surface area (Å²) in [6, 6.07) is 6.71. The molecule has 1 aromatic heterocycles. The van der Waals surface area contributed by atoms with Gasteiger partial charge in [0, 0.05) is 23.4 Å². The van der Waals surface area contributed by atoms with Crippen LogP contribution in [-0.2, 0) is 0 Å². The number of hydrogen-bond acceptors (Lipinski definition) is 8. The number of nitrogens with zero attached hydrogens (tertiary/aromatic N) is 3. The second kappa shape index (κ2) is 7.42. The van der Waals surface area contributed by atoms with Gasteiger partial charge in [0.15, 0.2) is 11.5 Å². The van der Waals surface area contributed by atoms with E-state index in [0.717, 1.165) is 0 Å². The van der Waals surface area contributed by atoms with Crippen molar-refractivity contribution in [2.45, 2.75) is 26.9 Å². The minimum absolute atomic E-state index is 0.0302. The zero-order valence-corrected chi connectivity index (χ0v) is 16.3. The Hall–Kier alpha value is -3.62. The molecule has 1 aliphatic heterocycles. The van der Waals surface area contributed by atoms with Gasteiger partial charge in [0.2, 0.25) is 5.75 Å². The lowest BCUT2D eigenvalue weighted by Crippen LogP contribution is -2.18. The van der Waals surface area contributed by atoms with Crippen molar-refractivity contribution in [1.82, 2.24) is 9.97 Å². The predicted octanol–water partition coefficient (Wildman–Crippen LogP) is 4.15. The Morgan fingerprint density at radius 1 is 1.17 bits per heavy atom. The topological polar surface area (TPSA) is 109 Å². The van der Waals surface area contributed by atoms with E-state index in [-0.39, 0.29) is 11.8 Å². The first-order chi connectivity index (χ1) is 13.9. The molecule has 0 aliphatic carbocycles. The van der Waals surface area contributed by atoms with E-state index < -0.39 is 4.92 Å². The molecule has 2 aromatic carbocycles. The Morgan fingerprint density at radius 2 is 1.93 bits per heavy atom. The number of anilines is 2. The standard InChI is InChI=1S/C20H20N4O5/c1-11(2)29-16-9-14-17(19-18(16)27-6-7-28-19)20(22-10-21-14)23-13-5-4-12(3)15(8-13)24(25)26/h4-5,8-11H,6-7H2,1-3H3,(H,21,22,23). The summed E-state index contributed by atoms with van der Waals surface area (Å²) >= 11 is 0. The summed E-state index contributed by atoms with van der Waals surface area (Å²) in [5.74, 6) is 2.02. The van der Waals surface area contributed by atoms with Crippen molar-refractivity contribution in [1.29, 1.82) is 0 Å². The molecule has 3 aromatic rings. The van der Waals surface area contributed by atoms with E-state index in [1.54, 1.807) is 25.1 Å². The molecule has 0 bridgehead atoms. The molecular formula is C20H20N4O5. The second-order valence-corrected chi connectivity index (χ2v) is 6.90.